The highest BCUT2D eigenvalue weighted by molar-refractivity contribution is 5.81. The van der Waals surface area contributed by atoms with E-state index in [-0.39, 0.29) is 36.5 Å². The fourth-order valence-corrected chi connectivity index (χ4v) is 6.20. The van der Waals surface area contributed by atoms with Crippen molar-refractivity contribution in [2.75, 3.05) is 0 Å². The van der Waals surface area contributed by atoms with Gasteiger partial charge in [0.2, 0.25) is 18.0 Å². The van der Waals surface area contributed by atoms with Crippen LogP contribution >= 0.6 is 0 Å². The molecule has 0 aromatic carbocycles. The number of hydrogen-bond donors (Lipinski definition) is 1. The fraction of sp³-hybridized carbons (Fsp3) is 0.720. The van der Waals surface area contributed by atoms with Gasteiger partial charge in [-0.3, -0.25) is 14.6 Å². The third-order valence-electron chi connectivity index (χ3n) is 8.11. The Kier molecular flexibility index (Phi) is 6.39. The van der Waals surface area contributed by atoms with Crippen LogP contribution in [0.1, 0.15) is 64.9 Å². The zero-order chi connectivity index (χ0) is 23.9. The van der Waals surface area contributed by atoms with Gasteiger partial charge in [-0.2, -0.15) is 0 Å². The Hall–Kier alpha value is -2.07. The molecule has 1 amide bonds. The first-order valence-electron chi connectivity index (χ1n) is 12.4. The number of esters is 1. The van der Waals surface area contributed by atoms with Gasteiger partial charge in [0.15, 0.2) is 11.9 Å². The van der Waals surface area contributed by atoms with Crippen LogP contribution in [0.5, 0.6) is 0 Å². The number of pyridine rings is 1. The highest BCUT2D eigenvalue weighted by Gasteiger charge is 2.69. The molecule has 4 aliphatic heterocycles. The van der Waals surface area contributed by atoms with Crippen molar-refractivity contribution in [2.24, 2.45) is 23.7 Å². The number of nitrogens with zero attached hydrogens (tertiary/aromatic N) is 1. The molecule has 5 heterocycles. The summed E-state index contributed by atoms with van der Waals surface area (Å²) >= 11 is 0. The number of aromatic nitrogens is 1. The molecule has 6 rings (SSSR count). The van der Waals surface area contributed by atoms with Crippen LogP contribution < -0.4 is 5.32 Å². The van der Waals surface area contributed by atoms with E-state index in [1.165, 1.54) is 0 Å². The molecule has 34 heavy (non-hydrogen) atoms. The maximum Gasteiger partial charge on any atom is 0.308 e. The zero-order valence-corrected chi connectivity index (χ0v) is 20.0. The average Bonchev–Trinajstić information content (AvgIpc) is 3.06. The van der Waals surface area contributed by atoms with E-state index in [4.69, 9.17) is 24.0 Å². The molecule has 5 aliphatic rings. The van der Waals surface area contributed by atoms with E-state index in [0.29, 0.717) is 12.5 Å². The SMILES string of the molecule is C[C@H]1[C@H](OC(=O)CCC(=O)NCc2cccnc2)O[C@@H]2O[C@]3(C)CC[C@H]4[C@H](C)CC[C@@H]1[C@]24OO3. The Morgan fingerprint density at radius 1 is 1.18 bits per heavy atom. The second-order valence-electron chi connectivity index (χ2n) is 10.4. The Morgan fingerprint density at radius 3 is 2.82 bits per heavy atom. The maximum absolute atomic E-state index is 12.6. The van der Waals surface area contributed by atoms with Gasteiger partial charge < -0.3 is 19.5 Å². The van der Waals surface area contributed by atoms with E-state index in [2.05, 4.69) is 17.2 Å². The van der Waals surface area contributed by atoms with E-state index >= 15 is 0 Å². The second kappa shape index (κ2) is 9.18. The predicted molar refractivity (Wildman–Crippen MR) is 118 cm³/mol. The van der Waals surface area contributed by atoms with Crippen LogP contribution in [0.2, 0.25) is 0 Å². The first-order valence-corrected chi connectivity index (χ1v) is 12.4. The monoisotopic (exact) mass is 474 g/mol. The molecule has 9 nitrogen and oxygen atoms in total. The molecule has 1 aromatic rings. The van der Waals surface area contributed by atoms with Gasteiger partial charge in [-0.15, -0.1) is 0 Å². The van der Waals surface area contributed by atoms with Crippen molar-refractivity contribution < 1.29 is 33.6 Å². The van der Waals surface area contributed by atoms with Crippen LogP contribution in [0.15, 0.2) is 24.5 Å². The van der Waals surface area contributed by atoms with E-state index in [9.17, 15) is 9.59 Å². The van der Waals surface area contributed by atoms with E-state index in [0.717, 1.165) is 31.2 Å². The van der Waals surface area contributed by atoms with Gasteiger partial charge in [0.25, 0.3) is 0 Å². The Bertz CT molecular complexity index is 914. The van der Waals surface area contributed by atoms with Crippen molar-refractivity contribution in [1.82, 2.24) is 10.3 Å². The van der Waals surface area contributed by atoms with E-state index in [1.54, 1.807) is 12.4 Å². The van der Waals surface area contributed by atoms with Crippen LogP contribution in [-0.4, -0.2) is 40.8 Å². The zero-order valence-electron chi connectivity index (χ0n) is 20.0. The molecule has 4 saturated heterocycles. The van der Waals surface area contributed by atoms with Gasteiger partial charge in [0.05, 0.1) is 6.42 Å². The van der Waals surface area contributed by atoms with Gasteiger partial charge in [0, 0.05) is 43.6 Å². The molecule has 1 aromatic heterocycles. The summed E-state index contributed by atoms with van der Waals surface area (Å²) in [7, 11) is 0. The van der Waals surface area contributed by atoms with Gasteiger partial charge in [0.1, 0.15) is 0 Å². The first-order chi connectivity index (χ1) is 16.3. The minimum absolute atomic E-state index is 0.0240. The van der Waals surface area contributed by atoms with Crippen LogP contribution in [0.4, 0.5) is 0 Å². The second-order valence-corrected chi connectivity index (χ2v) is 10.4. The number of carbonyl (C=O) groups is 2. The lowest BCUT2D eigenvalue weighted by Gasteiger charge is -2.59. The minimum Gasteiger partial charge on any atom is -0.435 e. The highest BCUT2D eigenvalue weighted by Crippen LogP contribution is 2.60. The molecule has 9 heteroatoms. The molecular weight excluding hydrogens is 440 g/mol. The molecule has 1 saturated carbocycles. The molecule has 186 valence electrons. The highest BCUT2D eigenvalue weighted by atomic mass is 17.3. The third-order valence-corrected chi connectivity index (χ3v) is 8.11. The fourth-order valence-electron chi connectivity index (χ4n) is 6.20. The Balaban J connectivity index is 1.20. The van der Waals surface area contributed by atoms with Crippen LogP contribution in [0, 0.1) is 23.7 Å². The standard InChI is InChI=1S/C25H34N2O7/c1-15-6-7-19-16(2)22(31-23-25(19)18(15)10-11-24(3,32-23)33-34-25)30-21(29)9-8-20(28)27-14-17-5-4-12-26-13-17/h4-5,12-13,15-16,18-19,22-23H,6-11,14H2,1-3H3,(H,27,28)/t15-,16-,18+,19+,22-,23-,24+,25+/m1/s1. The van der Waals surface area contributed by atoms with Crippen LogP contribution in [0.25, 0.3) is 0 Å². The molecule has 2 bridgehead atoms. The smallest absolute Gasteiger partial charge is 0.308 e. The maximum atomic E-state index is 12.6. The summed E-state index contributed by atoms with van der Waals surface area (Å²) in [5.74, 6) is -0.856. The molecular formula is C25H34N2O7. The summed E-state index contributed by atoms with van der Waals surface area (Å²) in [5.41, 5.74) is 0.205. The van der Waals surface area contributed by atoms with Gasteiger partial charge in [-0.1, -0.05) is 19.9 Å². The topological polar surface area (TPSA) is 105 Å². The molecule has 0 radical (unpaired) electrons. The summed E-state index contributed by atoms with van der Waals surface area (Å²) in [4.78, 5) is 40.7. The van der Waals surface area contributed by atoms with Gasteiger partial charge in [-0.25, -0.2) is 9.78 Å². The van der Waals surface area contributed by atoms with Crippen LogP contribution in [-0.2, 0) is 40.1 Å². The van der Waals surface area contributed by atoms with Crippen molar-refractivity contribution in [1.29, 1.82) is 0 Å². The normalized spacial score (nSPS) is 40.7. The number of carbonyl (C=O) groups excluding carboxylic acids is 2. The minimum atomic E-state index is -0.876. The van der Waals surface area contributed by atoms with Crippen molar-refractivity contribution in [2.45, 2.75) is 89.8 Å². The van der Waals surface area contributed by atoms with Crippen molar-refractivity contribution in [3.8, 4) is 0 Å². The number of nitrogens with one attached hydrogen (secondary N) is 1. The summed E-state index contributed by atoms with van der Waals surface area (Å²) in [6.07, 6.45) is 5.64. The number of rotatable bonds is 6. The average molecular weight is 475 g/mol. The third kappa shape index (κ3) is 4.23. The molecule has 1 N–H and O–H groups in total. The Labute approximate surface area is 199 Å². The number of fused-ring (bicyclic) bond motifs is 2. The quantitative estimate of drug-likeness (QED) is 0.495. The van der Waals surface area contributed by atoms with Crippen LogP contribution in [0.3, 0.4) is 0 Å². The predicted octanol–water partition coefficient (Wildman–Crippen LogP) is 3.23. The summed E-state index contributed by atoms with van der Waals surface area (Å²) < 4.78 is 18.3. The van der Waals surface area contributed by atoms with E-state index < -0.39 is 29.9 Å². The van der Waals surface area contributed by atoms with E-state index in [1.807, 2.05) is 26.0 Å². The lowest BCUT2D eigenvalue weighted by Crippen LogP contribution is -2.70. The lowest BCUT2D eigenvalue weighted by molar-refractivity contribution is -0.576. The van der Waals surface area contributed by atoms with Crippen molar-refractivity contribution in [3.63, 3.8) is 0 Å². The van der Waals surface area contributed by atoms with Gasteiger partial charge >= 0.3 is 5.97 Å². The number of ether oxygens (including phenoxy) is 3. The first kappa shape index (κ1) is 23.7. The summed E-state index contributed by atoms with van der Waals surface area (Å²) in [6.45, 7) is 6.52. The number of hydrogen-bond acceptors (Lipinski definition) is 8. The summed E-state index contributed by atoms with van der Waals surface area (Å²) in [5, 5.41) is 2.80. The Morgan fingerprint density at radius 2 is 2.03 bits per heavy atom. The molecule has 5 fully saturated rings. The lowest BCUT2D eigenvalue weighted by atomic mass is 9.58. The van der Waals surface area contributed by atoms with Crippen molar-refractivity contribution >= 4 is 11.9 Å². The molecule has 1 aliphatic carbocycles. The van der Waals surface area contributed by atoms with Crippen molar-refractivity contribution in [3.05, 3.63) is 30.1 Å². The number of amides is 1. The molecule has 0 unspecified atom stereocenters. The largest absolute Gasteiger partial charge is 0.435 e. The molecule has 1 spiro atoms. The summed E-state index contributed by atoms with van der Waals surface area (Å²) in [6, 6.07) is 3.69. The van der Waals surface area contributed by atoms with Gasteiger partial charge in [-0.05, 0) is 49.7 Å². The molecule has 8 atom stereocenters.